The van der Waals surface area contributed by atoms with Crippen molar-refractivity contribution >= 4 is 17.3 Å². The van der Waals surface area contributed by atoms with E-state index in [9.17, 15) is 0 Å². The summed E-state index contributed by atoms with van der Waals surface area (Å²) in [6, 6.07) is 21.9. The van der Waals surface area contributed by atoms with Crippen LogP contribution in [-0.4, -0.2) is 11.8 Å². The summed E-state index contributed by atoms with van der Waals surface area (Å²) in [6.07, 6.45) is 1.91. The van der Waals surface area contributed by atoms with Crippen LogP contribution in [0, 0.1) is 0 Å². The Bertz CT molecular complexity index is 1150. The number of halogens is 1. The highest BCUT2D eigenvalue weighted by Gasteiger charge is 2.40. The summed E-state index contributed by atoms with van der Waals surface area (Å²) in [4.78, 5) is 0. The maximum absolute atomic E-state index is 6.37. The SMILES string of the molecule is Clc1cccc([C@H]2Oc3ccccc3[C@@H]3C=C(c4ccc5c(c4)OCO5)NN23)c1. The van der Waals surface area contributed by atoms with Gasteiger partial charge in [0.05, 0.1) is 11.7 Å². The van der Waals surface area contributed by atoms with Crippen molar-refractivity contribution in [1.29, 1.82) is 0 Å². The van der Waals surface area contributed by atoms with Gasteiger partial charge >= 0.3 is 0 Å². The standard InChI is InChI=1S/C23H17ClN2O3/c24-16-5-3-4-15(10-16)23-26-19(17-6-1-2-7-20(17)29-23)12-18(25-26)14-8-9-21-22(11-14)28-13-27-21/h1-12,19,23,25H,13H2/t19-,23+/m0/s1. The highest BCUT2D eigenvalue weighted by atomic mass is 35.5. The number of nitrogens with one attached hydrogen (secondary N) is 1. The van der Waals surface area contributed by atoms with E-state index < -0.39 is 0 Å². The van der Waals surface area contributed by atoms with Gasteiger partial charge in [0, 0.05) is 21.7 Å². The molecule has 6 rings (SSSR count). The topological polar surface area (TPSA) is 43.0 Å². The zero-order chi connectivity index (χ0) is 19.4. The molecule has 0 unspecified atom stereocenters. The number of ether oxygens (including phenoxy) is 3. The maximum atomic E-state index is 6.37. The van der Waals surface area contributed by atoms with Crippen LogP contribution in [0.1, 0.15) is 29.0 Å². The van der Waals surface area contributed by atoms with Gasteiger partial charge in [0.25, 0.3) is 0 Å². The van der Waals surface area contributed by atoms with Gasteiger partial charge in [-0.25, -0.2) is 0 Å². The summed E-state index contributed by atoms with van der Waals surface area (Å²) < 4.78 is 17.4. The van der Waals surface area contributed by atoms with Crippen molar-refractivity contribution in [2.75, 3.05) is 6.79 Å². The van der Waals surface area contributed by atoms with Crippen LogP contribution >= 0.6 is 11.6 Å². The first-order valence-corrected chi connectivity index (χ1v) is 9.82. The van der Waals surface area contributed by atoms with E-state index in [2.05, 4.69) is 22.6 Å². The van der Waals surface area contributed by atoms with Crippen molar-refractivity contribution in [3.8, 4) is 17.2 Å². The molecular weight excluding hydrogens is 388 g/mol. The molecule has 0 aromatic heterocycles. The molecule has 0 fully saturated rings. The summed E-state index contributed by atoms with van der Waals surface area (Å²) in [7, 11) is 0. The molecule has 3 aromatic carbocycles. The predicted molar refractivity (Wildman–Crippen MR) is 110 cm³/mol. The summed E-state index contributed by atoms with van der Waals surface area (Å²) in [5.74, 6) is 2.41. The van der Waals surface area contributed by atoms with Gasteiger partial charge in [-0.3, -0.25) is 0 Å². The molecule has 6 heteroatoms. The van der Waals surface area contributed by atoms with Crippen molar-refractivity contribution in [3.63, 3.8) is 0 Å². The number of para-hydroxylation sites is 1. The van der Waals surface area contributed by atoms with Gasteiger partial charge < -0.3 is 19.6 Å². The van der Waals surface area contributed by atoms with Gasteiger partial charge in [-0.05, 0) is 42.5 Å². The minimum atomic E-state index is -0.309. The van der Waals surface area contributed by atoms with Crippen LogP contribution in [0.4, 0.5) is 0 Å². The molecule has 0 aliphatic carbocycles. The Morgan fingerprint density at radius 1 is 0.897 bits per heavy atom. The minimum absolute atomic E-state index is 0.0318. The molecule has 29 heavy (non-hydrogen) atoms. The monoisotopic (exact) mass is 404 g/mol. The predicted octanol–water partition coefficient (Wildman–Crippen LogP) is 5.06. The molecule has 3 aliphatic heterocycles. The van der Waals surface area contributed by atoms with E-state index in [1.807, 2.05) is 60.7 Å². The molecule has 0 bridgehead atoms. The lowest BCUT2D eigenvalue weighted by Crippen LogP contribution is -2.43. The molecule has 0 saturated carbocycles. The van der Waals surface area contributed by atoms with Crippen LogP contribution in [0.3, 0.4) is 0 Å². The van der Waals surface area contributed by atoms with Crippen molar-refractivity contribution in [2.45, 2.75) is 12.3 Å². The molecule has 2 atom stereocenters. The van der Waals surface area contributed by atoms with Crippen LogP contribution in [0.25, 0.3) is 5.70 Å². The third kappa shape index (κ3) is 2.74. The quantitative estimate of drug-likeness (QED) is 0.646. The van der Waals surface area contributed by atoms with E-state index in [0.29, 0.717) is 5.02 Å². The molecule has 3 aromatic rings. The number of nitrogens with zero attached hydrogens (tertiary/aromatic N) is 1. The molecule has 3 heterocycles. The van der Waals surface area contributed by atoms with Crippen molar-refractivity contribution in [2.24, 2.45) is 0 Å². The van der Waals surface area contributed by atoms with Crippen LogP contribution in [-0.2, 0) is 0 Å². The Labute approximate surface area is 173 Å². The van der Waals surface area contributed by atoms with Crippen molar-refractivity contribution in [3.05, 3.63) is 94.5 Å². The fraction of sp³-hybridized carbons (Fsp3) is 0.130. The van der Waals surface area contributed by atoms with E-state index >= 15 is 0 Å². The first-order chi connectivity index (χ1) is 14.3. The number of hydrogen-bond donors (Lipinski definition) is 1. The van der Waals surface area contributed by atoms with Crippen LogP contribution in [0.2, 0.25) is 5.02 Å². The van der Waals surface area contributed by atoms with Gasteiger partial charge in [-0.1, -0.05) is 41.9 Å². The zero-order valence-corrected chi connectivity index (χ0v) is 16.1. The molecule has 0 amide bonds. The Hall–Kier alpha value is -3.15. The lowest BCUT2D eigenvalue weighted by Gasteiger charge is -2.39. The average Bonchev–Trinajstić information content (AvgIpc) is 3.40. The fourth-order valence-electron chi connectivity index (χ4n) is 4.05. The summed E-state index contributed by atoms with van der Waals surface area (Å²) >= 11 is 6.25. The summed E-state index contributed by atoms with van der Waals surface area (Å²) in [5, 5.41) is 2.80. The Kier molecular flexibility index (Phi) is 3.72. The van der Waals surface area contributed by atoms with Crippen LogP contribution < -0.4 is 19.6 Å². The second kappa shape index (κ2) is 6.44. The van der Waals surface area contributed by atoms with E-state index in [-0.39, 0.29) is 19.1 Å². The van der Waals surface area contributed by atoms with Crippen LogP contribution in [0.15, 0.2) is 72.8 Å². The molecule has 0 radical (unpaired) electrons. The lowest BCUT2D eigenvalue weighted by molar-refractivity contribution is -0.0326. The average molecular weight is 405 g/mol. The molecule has 3 aliphatic rings. The number of fused-ring (bicyclic) bond motifs is 4. The fourth-order valence-corrected chi connectivity index (χ4v) is 4.25. The molecule has 5 nitrogen and oxygen atoms in total. The highest BCUT2D eigenvalue weighted by molar-refractivity contribution is 6.30. The molecule has 0 saturated heterocycles. The Balaban J connectivity index is 1.42. The lowest BCUT2D eigenvalue weighted by atomic mass is 10.0. The first-order valence-electron chi connectivity index (χ1n) is 9.44. The molecule has 1 N–H and O–H groups in total. The van der Waals surface area contributed by atoms with Gasteiger partial charge in [0.15, 0.2) is 17.7 Å². The number of benzene rings is 3. The van der Waals surface area contributed by atoms with Gasteiger partial charge in [0.2, 0.25) is 6.79 Å². The molecule has 0 spiro atoms. The zero-order valence-electron chi connectivity index (χ0n) is 15.3. The van der Waals surface area contributed by atoms with Crippen molar-refractivity contribution in [1.82, 2.24) is 10.4 Å². The van der Waals surface area contributed by atoms with E-state index in [4.69, 9.17) is 25.8 Å². The highest BCUT2D eigenvalue weighted by Crippen LogP contribution is 2.46. The van der Waals surface area contributed by atoms with E-state index in [1.54, 1.807) is 0 Å². The number of hydrazine groups is 1. The second-order valence-electron chi connectivity index (χ2n) is 7.18. The van der Waals surface area contributed by atoms with Crippen molar-refractivity contribution < 1.29 is 14.2 Å². The Morgan fingerprint density at radius 3 is 2.72 bits per heavy atom. The van der Waals surface area contributed by atoms with Crippen LogP contribution in [0.5, 0.6) is 17.2 Å². The normalized spacial score (nSPS) is 21.6. The van der Waals surface area contributed by atoms with Gasteiger partial charge in [-0.15, -0.1) is 0 Å². The summed E-state index contributed by atoms with van der Waals surface area (Å²) in [6.45, 7) is 0.262. The third-order valence-corrected chi connectivity index (χ3v) is 5.66. The molecule has 144 valence electrons. The molecular formula is C23H17ClN2O3. The van der Waals surface area contributed by atoms with Gasteiger partial charge in [0.1, 0.15) is 5.75 Å². The van der Waals surface area contributed by atoms with Gasteiger partial charge in [-0.2, -0.15) is 5.01 Å². The minimum Gasteiger partial charge on any atom is -0.469 e. The third-order valence-electron chi connectivity index (χ3n) is 5.42. The summed E-state index contributed by atoms with van der Waals surface area (Å²) in [5.41, 5.74) is 7.68. The van der Waals surface area contributed by atoms with E-state index in [0.717, 1.165) is 39.6 Å². The second-order valence-corrected chi connectivity index (χ2v) is 7.61. The first kappa shape index (κ1) is 16.8. The Morgan fingerprint density at radius 2 is 1.79 bits per heavy atom. The van der Waals surface area contributed by atoms with E-state index in [1.165, 1.54) is 0 Å². The number of hydrogen-bond acceptors (Lipinski definition) is 5. The largest absolute Gasteiger partial charge is 0.469 e. The maximum Gasteiger partial charge on any atom is 0.231 e. The smallest absolute Gasteiger partial charge is 0.231 e. The number of rotatable bonds is 2.